The summed E-state index contributed by atoms with van der Waals surface area (Å²) >= 11 is 1.21. The molecule has 0 aromatic carbocycles. The quantitative estimate of drug-likeness (QED) is 0.542. The molecule has 9 heteroatoms. The maximum absolute atomic E-state index is 11.3. The summed E-state index contributed by atoms with van der Waals surface area (Å²) in [5, 5.41) is 9.39. The van der Waals surface area contributed by atoms with Gasteiger partial charge in [-0.05, 0) is 6.26 Å². The minimum atomic E-state index is -1.26. The zero-order valence-corrected chi connectivity index (χ0v) is 13.6. The summed E-state index contributed by atoms with van der Waals surface area (Å²) in [6, 6.07) is 0. The van der Waals surface area contributed by atoms with Crippen molar-refractivity contribution in [2.45, 2.75) is 50.6 Å². The lowest BCUT2D eigenvalue weighted by atomic mass is 10.0. The van der Waals surface area contributed by atoms with Gasteiger partial charge in [-0.2, -0.15) is 11.8 Å². The molecule has 22 heavy (non-hydrogen) atoms. The van der Waals surface area contributed by atoms with E-state index in [4.69, 9.17) is 18.9 Å². The molecule has 1 aliphatic heterocycles. The first-order chi connectivity index (χ1) is 10.3. The van der Waals surface area contributed by atoms with Crippen LogP contribution in [0.3, 0.4) is 0 Å². The normalized spacial score (nSPS) is 31.2. The monoisotopic (exact) mass is 336 g/mol. The smallest absolute Gasteiger partial charge is 0.303 e. The summed E-state index contributed by atoms with van der Waals surface area (Å²) < 4.78 is 20.6. The highest BCUT2D eigenvalue weighted by molar-refractivity contribution is 7.99. The van der Waals surface area contributed by atoms with E-state index in [0.29, 0.717) is 0 Å². The van der Waals surface area contributed by atoms with Gasteiger partial charge in [0, 0.05) is 20.8 Å². The molecule has 8 nitrogen and oxygen atoms in total. The van der Waals surface area contributed by atoms with Crippen molar-refractivity contribution in [1.29, 1.82) is 0 Å². The van der Waals surface area contributed by atoms with Crippen LogP contribution in [-0.2, 0) is 33.3 Å². The maximum Gasteiger partial charge on any atom is 0.303 e. The van der Waals surface area contributed by atoms with E-state index in [0.717, 1.165) is 0 Å². The molecule has 0 aliphatic carbocycles. The predicted molar refractivity (Wildman–Crippen MR) is 75.9 cm³/mol. The predicted octanol–water partition coefficient (Wildman–Crippen LogP) is -0.138. The van der Waals surface area contributed by atoms with Crippen LogP contribution in [0.15, 0.2) is 0 Å². The van der Waals surface area contributed by atoms with Gasteiger partial charge >= 0.3 is 17.9 Å². The van der Waals surface area contributed by atoms with Crippen LogP contribution in [0.4, 0.5) is 0 Å². The third-order valence-electron chi connectivity index (χ3n) is 2.94. The molecule has 0 spiro atoms. The summed E-state index contributed by atoms with van der Waals surface area (Å²) in [5.74, 6) is -1.73. The largest absolute Gasteiger partial charge is 0.463 e. The van der Waals surface area contributed by atoms with E-state index in [1.54, 1.807) is 6.26 Å². The van der Waals surface area contributed by atoms with Crippen LogP contribution in [0.1, 0.15) is 20.8 Å². The zero-order valence-electron chi connectivity index (χ0n) is 12.8. The molecule has 0 aromatic rings. The van der Waals surface area contributed by atoms with Gasteiger partial charge in [0.15, 0.2) is 18.5 Å². The first kappa shape index (κ1) is 18.7. The first-order valence-corrected chi connectivity index (χ1v) is 7.89. The van der Waals surface area contributed by atoms with Crippen LogP contribution in [-0.4, -0.2) is 65.7 Å². The van der Waals surface area contributed by atoms with Crippen molar-refractivity contribution in [1.82, 2.24) is 0 Å². The molecule has 0 bridgehead atoms. The van der Waals surface area contributed by atoms with Crippen LogP contribution in [0.5, 0.6) is 0 Å². The van der Waals surface area contributed by atoms with Gasteiger partial charge in [-0.1, -0.05) is 0 Å². The molecule has 1 rings (SSSR count). The Morgan fingerprint density at radius 2 is 1.59 bits per heavy atom. The summed E-state index contributed by atoms with van der Waals surface area (Å²) in [6.07, 6.45) is -2.39. The van der Waals surface area contributed by atoms with Gasteiger partial charge in [0.05, 0.1) is 5.25 Å². The summed E-state index contributed by atoms with van der Waals surface area (Å²) in [6.45, 7) is 3.40. The van der Waals surface area contributed by atoms with Crippen LogP contribution in [0.2, 0.25) is 0 Å². The van der Waals surface area contributed by atoms with Gasteiger partial charge in [-0.25, -0.2) is 0 Å². The van der Waals surface area contributed by atoms with Crippen molar-refractivity contribution in [3.8, 4) is 0 Å². The van der Waals surface area contributed by atoms with Crippen molar-refractivity contribution in [2.24, 2.45) is 0 Å². The average Bonchev–Trinajstić information content (AvgIpc) is 2.39. The zero-order chi connectivity index (χ0) is 16.9. The Labute approximate surface area is 132 Å². The van der Waals surface area contributed by atoms with Gasteiger partial charge in [-0.3, -0.25) is 14.4 Å². The fourth-order valence-electron chi connectivity index (χ4n) is 2.14. The molecule has 0 saturated carbocycles. The molecule has 1 aliphatic rings. The first-order valence-electron chi connectivity index (χ1n) is 6.60. The molecule has 0 radical (unpaired) electrons. The van der Waals surface area contributed by atoms with Crippen molar-refractivity contribution in [2.75, 3.05) is 12.9 Å². The number of esters is 3. The molecule has 5 atom stereocenters. The molecule has 1 saturated heterocycles. The van der Waals surface area contributed by atoms with Gasteiger partial charge < -0.3 is 24.1 Å². The standard InChI is InChI=1S/C13H20O8S/c1-6(14)18-5-9-10(19-7(2)15)11(20-8(3)16)12(22-4)13(17)21-9/h9-13,17H,5H2,1-4H3. The molecular formula is C13H20O8S. The Morgan fingerprint density at radius 3 is 2.05 bits per heavy atom. The minimum Gasteiger partial charge on any atom is -0.463 e. The third-order valence-corrected chi connectivity index (χ3v) is 3.98. The van der Waals surface area contributed by atoms with Crippen LogP contribution >= 0.6 is 11.8 Å². The lowest BCUT2D eigenvalue weighted by Crippen LogP contribution is -2.60. The van der Waals surface area contributed by atoms with Crippen molar-refractivity contribution >= 4 is 29.7 Å². The van der Waals surface area contributed by atoms with E-state index in [1.807, 2.05) is 0 Å². The molecule has 126 valence electrons. The Kier molecular flexibility index (Phi) is 7.11. The van der Waals surface area contributed by atoms with E-state index < -0.39 is 47.8 Å². The van der Waals surface area contributed by atoms with E-state index in [1.165, 1.54) is 32.5 Å². The topological polar surface area (TPSA) is 108 Å². The molecular weight excluding hydrogens is 316 g/mol. The number of aliphatic hydroxyl groups is 1. The van der Waals surface area contributed by atoms with Gasteiger partial charge in [0.1, 0.15) is 12.7 Å². The lowest BCUT2D eigenvalue weighted by molar-refractivity contribution is -0.249. The third kappa shape index (κ3) is 5.15. The lowest BCUT2D eigenvalue weighted by Gasteiger charge is -2.42. The highest BCUT2D eigenvalue weighted by Gasteiger charge is 2.49. The molecule has 0 aromatic heterocycles. The SMILES string of the molecule is CSC1C(O)OC(COC(C)=O)C(OC(C)=O)C1OC(C)=O. The summed E-state index contributed by atoms with van der Waals surface area (Å²) in [5.41, 5.74) is 0. The Balaban J connectivity index is 3.01. The van der Waals surface area contributed by atoms with Crippen LogP contribution in [0, 0.1) is 0 Å². The molecule has 0 amide bonds. The number of hydrogen-bond acceptors (Lipinski definition) is 9. The summed E-state index contributed by atoms with van der Waals surface area (Å²) in [4.78, 5) is 33.6. The van der Waals surface area contributed by atoms with Gasteiger partial charge in [-0.15, -0.1) is 0 Å². The van der Waals surface area contributed by atoms with Crippen molar-refractivity contribution in [3.63, 3.8) is 0 Å². The van der Waals surface area contributed by atoms with Gasteiger partial charge in [0.25, 0.3) is 0 Å². The molecule has 1 fully saturated rings. The molecule has 5 unspecified atom stereocenters. The number of thioether (sulfide) groups is 1. The van der Waals surface area contributed by atoms with Crippen LogP contribution < -0.4 is 0 Å². The van der Waals surface area contributed by atoms with E-state index in [2.05, 4.69) is 0 Å². The highest BCUT2D eigenvalue weighted by Crippen LogP contribution is 2.32. The van der Waals surface area contributed by atoms with Gasteiger partial charge in [0.2, 0.25) is 0 Å². The van der Waals surface area contributed by atoms with E-state index in [9.17, 15) is 19.5 Å². The second-order valence-corrected chi connectivity index (χ2v) is 5.73. The maximum atomic E-state index is 11.3. The summed E-state index contributed by atoms with van der Waals surface area (Å²) in [7, 11) is 0. The van der Waals surface area contributed by atoms with Crippen LogP contribution in [0.25, 0.3) is 0 Å². The van der Waals surface area contributed by atoms with Crippen molar-refractivity contribution < 1.29 is 38.4 Å². The fourth-order valence-corrected chi connectivity index (χ4v) is 2.91. The Hall–Kier alpha value is -1.32. The number of aliphatic hydroxyl groups excluding tert-OH is 1. The number of carbonyl (C=O) groups is 3. The number of carbonyl (C=O) groups excluding carboxylic acids is 3. The number of rotatable bonds is 5. The number of hydrogen-bond donors (Lipinski definition) is 1. The molecule has 1 heterocycles. The fraction of sp³-hybridized carbons (Fsp3) is 0.769. The minimum absolute atomic E-state index is 0.233. The van der Waals surface area contributed by atoms with Crippen molar-refractivity contribution in [3.05, 3.63) is 0 Å². The van der Waals surface area contributed by atoms with E-state index in [-0.39, 0.29) is 6.61 Å². The second-order valence-electron chi connectivity index (χ2n) is 4.72. The molecule has 1 N–H and O–H groups in total. The Bertz CT molecular complexity index is 426. The highest BCUT2D eigenvalue weighted by atomic mass is 32.2. The second kappa shape index (κ2) is 8.35. The average molecular weight is 336 g/mol. The van der Waals surface area contributed by atoms with E-state index >= 15 is 0 Å². The Morgan fingerprint density at radius 1 is 1.05 bits per heavy atom. The number of ether oxygens (including phenoxy) is 4.